The van der Waals surface area contributed by atoms with Gasteiger partial charge in [-0.3, -0.25) is 0 Å². The van der Waals surface area contributed by atoms with E-state index < -0.39 is 0 Å². The molecule has 3 aromatic rings. The van der Waals surface area contributed by atoms with Gasteiger partial charge >= 0.3 is 6.85 Å². The lowest BCUT2D eigenvalue weighted by Gasteiger charge is -2.34. The number of hydrogen-bond acceptors (Lipinski definition) is 1. The van der Waals surface area contributed by atoms with Crippen LogP contribution >= 0.6 is 0 Å². The first kappa shape index (κ1) is 11.9. The number of para-hydroxylation sites is 1. The summed E-state index contributed by atoms with van der Waals surface area (Å²) in [6.07, 6.45) is 6.69. The predicted octanol–water partition coefficient (Wildman–Crippen LogP) is 4.10. The highest BCUT2D eigenvalue weighted by Gasteiger charge is 2.30. The first-order valence-corrected chi connectivity index (χ1v) is 7.67. The second-order valence-electron chi connectivity index (χ2n) is 5.91. The van der Waals surface area contributed by atoms with E-state index in [0.29, 0.717) is 6.85 Å². The van der Waals surface area contributed by atoms with Gasteiger partial charge in [-0.15, -0.1) is 0 Å². The van der Waals surface area contributed by atoms with Crippen LogP contribution in [0, 0.1) is 0 Å². The number of fused-ring (bicyclic) bond motifs is 6. The highest BCUT2D eigenvalue weighted by atomic mass is 15.1. The van der Waals surface area contributed by atoms with E-state index in [9.17, 15) is 0 Å². The number of rotatable bonds is 0. The van der Waals surface area contributed by atoms with Gasteiger partial charge in [0.05, 0.1) is 0 Å². The van der Waals surface area contributed by atoms with Gasteiger partial charge in [0.2, 0.25) is 0 Å². The minimum atomic E-state index is 0.291. The average Bonchev–Trinajstić information content (AvgIpc) is 2.59. The van der Waals surface area contributed by atoms with Crippen molar-refractivity contribution in [3.63, 3.8) is 0 Å². The van der Waals surface area contributed by atoms with Gasteiger partial charge in [0, 0.05) is 5.69 Å². The van der Waals surface area contributed by atoms with Crippen LogP contribution in [-0.4, -0.2) is 6.85 Å². The Labute approximate surface area is 130 Å². The Morgan fingerprint density at radius 2 is 1.50 bits per heavy atom. The van der Waals surface area contributed by atoms with Crippen LogP contribution < -0.4 is 10.3 Å². The lowest BCUT2D eigenvalue weighted by atomic mass is 9.50. The van der Waals surface area contributed by atoms with E-state index in [1.165, 1.54) is 33.0 Å². The summed E-state index contributed by atoms with van der Waals surface area (Å²) >= 11 is 0. The molecule has 0 saturated heterocycles. The first-order valence-electron chi connectivity index (χ1n) is 7.67. The first-order chi connectivity index (χ1) is 10.9. The molecular weight excluding hydrogens is 265 g/mol. The van der Waals surface area contributed by atoms with Gasteiger partial charge in [-0.25, -0.2) is 0 Å². The Kier molecular flexibility index (Phi) is 2.36. The summed E-state index contributed by atoms with van der Waals surface area (Å²) < 4.78 is 0. The second-order valence-corrected chi connectivity index (χ2v) is 5.91. The predicted molar refractivity (Wildman–Crippen MR) is 96.3 cm³/mol. The van der Waals surface area contributed by atoms with Gasteiger partial charge < -0.3 is 4.81 Å². The lowest BCUT2D eigenvalue weighted by Crippen LogP contribution is -2.49. The molecule has 102 valence electrons. The molecule has 5 rings (SSSR count). The number of anilines is 1. The minimum Gasteiger partial charge on any atom is -0.383 e. The zero-order valence-corrected chi connectivity index (χ0v) is 12.1. The van der Waals surface area contributed by atoms with E-state index in [2.05, 4.69) is 89.8 Å². The van der Waals surface area contributed by atoms with E-state index in [1.807, 2.05) is 0 Å². The zero-order chi connectivity index (χ0) is 14.5. The van der Waals surface area contributed by atoms with Crippen LogP contribution in [0.4, 0.5) is 5.69 Å². The summed E-state index contributed by atoms with van der Waals surface area (Å²) in [6.45, 7) is 0.291. The highest BCUT2D eigenvalue weighted by Crippen LogP contribution is 2.31. The van der Waals surface area contributed by atoms with Crippen molar-refractivity contribution in [3.8, 4) is 0 Å². The Morgan fingerprint density at radius 3 is 2.41 bits per heavy atom. The van der Waals surface area contributed by atoms with E-state index in [1.54, 1.807) is 0 Å². The van der Waals surface area contributed by atoms with Crippen LogP contribution in [0.25, 0.3) is 22.9 Å². The Bertz CT molecular complexity index is 955. The molecule has 0 radical (unpaired) electrons. The average molecular weight is 279 g/mol. The van der Waals surface area contributed by atoms with Crippen LogP contribution in [0.3, 0.4) is 0 Å². The molecule has 2 aliphatic rings. The van der Waals surface area contributed by atoms with E-state index in [-0.39, 0.29) is 0 Å². The molecule has 3 aromatic carbocycles. The summed E-state index contributed by atoms with van der Waals surface area (Å²) in [5.74, 6) is 2.31. The molecule has 0 aliphatic carbocycles. The molecule has 2 aliphatic heterocycles. The second kappa shape index (κ2) is 4.38. The molecule has 0 amide bonds. The van der Waals surface area contributed by atoms with Crippen LogP contribution in [0.1, 0.15) is 11.1 Å². The molecule has 0 atom stereocenters. The van der Waals surface area contributed by atoms with Crippen LogP contribution in [0.2, 0.25) is 0 Å². The molecule has 0 spiro atoms. The van der Waals surface area contributed by atoms with E-state index in [0.717, 1.165) is 0 Å². The standard InChI is InChI=1S/C20H14BN/c1-2-7-17-14-19-18(13-16(17)6-1)10-12-22-20-8-4-3-5-15(20)9-11-21(19)22/h1-14H. The monoisotopic (exact) mass is 279 g/mol. The fraction of sp³-hybridized carbons (Fsp3) is 0. The largest absolute Gasteiger partial charge is 0.383 e. The third-order valence-corrected chi connectivity index (χ3v) is 4.66. The topological polar surface area (TPSA) is 3.24 Å². The SMILES string of the molecule is C1=Cc2ccccc2N2C=Cc3cc4ccccc4cc3B12. The maximum absolute atomic E-state index is 2.37. The Hall–Kier alpha value is -2.74. The van der Waals surface area contributed by atoms with Gasteiger partial charge in [-0.05, 0) is 51.8 Å². The van der Waals surface area contributed by atoms with Crippen molar-refractivity contribution in [1.29, 1.82) is 0 Å². The van der Waals surface area contributed by atoms with Crippen molar-refractivity contribution >= 4 is 40.9 Å². The summed E-state index contributed by atoms with van der Waals surface area (Å²) in [7, 11) is 0. The summed E-state index contributed by atoms with van der Waals surface area (Å²) in [5.41, 5.74) is 5.27. The smallest absolute Gasteiger partial charge is 0.320 e. The van der Waals surface area contributed by atoms with Crippen molar-refractivity contribution in [3.05, 3.63) is 84.0 Å². The van der Waals surface area contributed by atoms with E-state index >= 15 is 0 Å². The fourth-order valence-electron chi connectivity index (χ4n) is 3.56. The fourth-order valence-corrected chi connectivity index (χ4v) is 3.56. The van der Waals surface area contributed by atoms with Crippen molar-refractivity contribution in [2.45, 2.75) is 0 Å². The summed E-state index contributed by atoms with van der Waals surface area (Å²) in [6, 6.07) is 21.8. The van der Waals surface area contributed by atoms with Crippen LogP contribution in [0.5, 0.6) is 0 Å². The number of benzene rings is 3. The van der Waals surface area contributed by atoms with Gasteiger partial charge in [0.1, 0.15) is 0 Å². The lowest BCUT2D eigenvalue weighted by molar-refractivity contribution is 1.37. The van der Waals surface area contributed by atoms with Crippen LogP contribution in [0.15, 0.2) is 72.8 Å². The molecule has 0 N–H and O–H groups in total. The third-order valence-electron chi connectivity index (χ3n) is 4.66. The Balaban J connectivity index is 1.73. The van der Waals surface area contributed by atoms with Gasteiger partial charge in [0.15, 0.2) is 0 Å². The molecular formula is C20H14BN. The normalized spacial score (nSPS) is 14.7. The number of hydrogen-bond donors (Lipinski definition) is 0. The molecule has 0 bridgehead atoms. The molecule has 2 heteroatoms. The molecule has 0 fully saturated rings. The number of nitrogens with zero attached hydrogens (tertiary/aromatic N) is 1. The van der Waals surface area contributed by atoms with Crippen molar-refractivity contribution in [2.75, 3.05) is 4.81 Å². The maximum Gasteiger partial charge on any atom is 0.320 e. The molecule has 0 aromatic heterocycles. The van der Waals surface area contributed by atoms with Crippen molar-refractivity contribution in [1.82, 2.24) is 0 Å². The van der Waals surface area contributed by atoms with Crippen molar-refractivity contribution < 1.29 is 0 Å². The molecule has 0 saturated carbocycles. The molecule has 22 heavy (non-hydrogen) atoms. The maximum atomic E-state index is 2.37. The van der Waals surface area contributed by atoms with E-state index in [4.69, 9.17) is 0 Å². The molecule has 1 nitrogen and oxygen atoms in total. The summed E-state index contributed by atoms with van der Waals surface area (Å²) in [4.78, 5) is 2.37. The zero-order valence-electron chi connectivity index (χ0n) is 12.1. The highest BCUT2D eigenvalue weighted by molar-refractivity contribution is 6.83. The third kappa shape index (κ3) is 1.61. The van der Waals surface area contributed by atoms with Gasteiger partial charge in [0.25, 0.3) is 0 Å². The van der Waals surface area contributed by atoms with Crippen molar-refractivity contribution in [2.24, 2.45) is 0 Å². The quantitative estimate of drug-likeness (QED) is 0.560. The van der Waals surface area contributed by atoms with Gasteiger partial charge in [-0.1, -0.05) is 60.6 Å². The minimum absolute atomic E-state index is 0.291. The Morgan fingerprint density at radius 1 is 0.727 bits per heavy atom. The summed E-state index contributed by atoms with van der Waals surface area (Å²) in [5, 5.41) is 2.61. The van der Waals surface area contributed by atoms with Crippen LogP contribution in [-0.2, 0) is 0 Å². The molecule has 2 heterocycles. The van der Waals surface area contributed by atoms with Gasteiger partial charge in [-0.2, -0.15) is 0 Å². The molecule has 0 unspecified atom stereocenters.